The number of hydrogen-bond donors (Lipinski definition) is 2. The van der Waals surface area contributed by atoms with Gasteiger partial charge in [-0.3, -0.25) is 9.59 Å². The maximum Gasteiger partial charge on any atom is 0.332 e. The van der Waals surface area contributed by atoms with Crippen molar-refractivity contribution in [2.24, 2.45) is 0 Å². The summed E-state index contributed by atoms with van der Waals surface area (Å²) < 4.78 is 25.1. The standard InChI is InChI=1S/C22H20ClFN2O6/c23-15-5-6-16(17(24)11-15)13-1-3-14(4-2-13)20(28)25-12-18(27)26-8-7-22(19(26)21(29)30)31-9-10-32-22/h1-6,11,19H,7-10,12H2,(H,25,28)(H,29,30)/t19-/m1/s1. The monoisotopic (exact) mass is 462 g/mol. The third-order valence-electron chi connectivity index (χ3n) is 5.55. The minimum atomic E-state index is -1.34. The molecular weight excluding hydrogens is 443 g/mol. The molecule has 2 aliphatic rings. The third-order valence-corrected chi connectivity index (χ3v) is 5.78. The number of ether oxygens (including phenoxy) is 2. The van der Waals surface area contributed by atoms with Crippen LogP contribution < -0.4 is 5.32 Å². The van der Waals surface area contributed by atoms with E-state index in [1.807, 2.05) is 0 Å². The van der Waals surface area contributed by atoms with E-state index in [9.17, 15) is 23.9 Å². The van der Waals surface area contributed by atoms with Crippen molar-refractivity contribution in [1.29, 1.82) is 0 Å². The molecule has 2 heterocycles. The molecule has 0 unspecified atom stereocenters. The third kappa shape index (κ3) is 4.19. The van der Waals surface area contributed by atoms with Gasteiger partial charge in [0.05, 0.1) is 19.8 Å². The fraction of sp³-hybridized carbons (Fsp3) is 0.318. The highest BCUT2D eigenvalue weighted by Crippen LogP contribution is 2.36. The van der Waals surface area contributed by atoms with Crippen molar-refractivity contribution in [3.63, 3.8) is 0 Å². The summed E-state index contributed by atoms with van der Waals surface area (Å²) in [4.78, 5) is 38.0. The van der Waals surface area contributed by atoms with E-state index in [0.29, 0.717) is 11.1 Å². The summed E-state index contributed by atoms with van der Waals surface area (Å²) in [6.07, 6.45) is 0.242. The summed E-state index contributed by atoms with van der Waals surface area (Å²) in [5.74, 6) is -4.11. The van der Waals surface area contributed by atoms with Gasteiger partial charge in [0.15, 0.2) is 6.04 Å². The lowest BCUT2D eigenvalue weighted by Gasteiger charge is -2.30. The number of nitrogens with one attached hydrogen (secondary N) is 1. The Morgan fingerprint density at radius 1 is 1.16 bits per heavy atom. The smallest absolute Gasteiger partial charge is 0.332 e. The lowest BCUT2D eigenvalue weighted by molar-refractivity contribution is -0.191. The molecule has 1 spiro atoms. The van der Waals surface area contributed by atoms with E-state index in [4.69, 9.17) is 21.1 Å². The summed E-state index contributed by atoms with van der Waals surface area (Å²) in [7, 11) is 0. The Labute approximate surface area is 187 Å². The second-order valence-electron chi connectivity index (χ2n) is 7.47. The number of carbonyl (C=O) groups excluding carboxylic acids is 2. The molecule has 0 aliphatic carbocycles. The van der Waals surface area contributed by atoms with Gasteiger partial charge in [-0.05, 0) is 35.9 Å². The topological polar surface area (TPSA) is 105 Å². The van der Waals surface area contributed by atoms with Gasteiger partial charge in [0, 0.05) is 29.1 Å². The SMILES string of the molecule is O=C(NCC(=O)N1CCC2(OCCO2)[C@H]1C(=O)O)c1ccc(-c2ccc(Cl)cc2F)cc1. The molecule has 0 radical (unpaired) electrons. The van der Waals surface area contributed by atoms with Gasteiger partial charge in [-0.25, -0.2) is 9.18 Å². The number of nitrogens with zero attached hydrogens (tertiary/aromatic N) is 1. The molecule has 2 fully saturated rings. The second kappa shape index (κ2) is 8.85. The van der Waals surface area contributed by atoms with E-state index in [1.165, 1.54) is 18.2 Å². The predicted octanol–water partition coefficient (Wildman–Crippen LogP) is 2.30. The number of halogens is 2. The maximum atomic E-state index is 14.1. The number of aliphatic carboxylic acids is 1. The van der Waals surface area contributed by atoms with E-state index in [-0.39, 0.29) is 43.3 Å². The van der Waals surface area contributed by atoms with Crippen LogP contribution >= 0.6 is 11.6 Å². The van der Waals surface area contributed by atoms with Crippen LogP contribution in [0.3, 0.4) is 0 Å². The number of carboxylic acid groups (broad SMARTS) is 1. The summed E-state index contributed by atoms with van der Waals surface area (Å²) in [6, 6.07) is 9.24. The summed E-state index contributed by atoms with van der Waals surface area (Å²) in [6.45, 7) is 0.288. The van der Waals surface area contributed by atoms with Crippen LogP contribution in [-0.2, 0) is 19.1 Å². The van der Waals surface area contributed by atoms with E-state index < -0.39 is 35.4 Å². The Balaban J connectivity index is 1.39. The lowest BCUT2D eigenvalue weighted by Crippen LogP contribution is -2.54. The minimum absolute atomic E-state index is 0.146. The maximum absolute atomic E-state index is 14.1. The van der Waals surface area contributed by atoms with Gasteiger partial charge in [0.25, 0.3) is 5.91 Å². The second-order valence-corrected chi connectivity index (χ2v) is 7.91. The molecule has 2 aromatic rings. The Hall–Kier alpha value is -3.01. The van der Waals surface area contributed by atoms with E-state index in [0.717, 1.165) is 4.90 Å². The molecule has 2 N–H and O–H groups in total. The van der Waals surface area contributed by atoms with Crippen LogP contribution in [0.15, 0.2) is 42.5 Å². The van der Waals surface area contributed by atoms with Crippen molar-refractivity contribution in [2.45, 2.75) is 18.2 Å². The number of carbonyl (C=O) groups is 3. The number of rotatable bonds is 5. The zero-order chi connectivity index (χ0) is 22.9. The van der Waals surface area contributed by atoms with Crippen LogP contribution in [0.1, 0.15) is 16.8 Å². The first-order valence-electron chi connectivity index (χ1n) is 9.94. The van der Waals surface area contributed by atoms with Crippen molar-refractivity contribution in [3.05, 3.63) is 58.9 Å². The van der Waals surface area contributed by atoms with Crippen LogP contribution in [0.25, 0.3) is 11.1 Å². The summed E-state index contributed by atoms with van der Waals surface area (Å²) >= 11 is 5.77. The highest BCUT2D eigenvalue weighted by Gasteiger charge is 2.57. The van der Waals surface area contributed by atoms with Gasteiger partial charge in [0.1, 0.15) is 5.82 Å². The van der Waals surface area contributed by atoms with Gasteiger partial charge in [-0.2, -0.15) is 0 Å². The fourth-order valence-electron chi connectivity index (χ4n) is 4.03. The van der Waals surface area contributed by atoms with E-state index in [1.54, 1.807) is 24.3 Å². The largest absolute Gasteiger partial charge is 0.480 e. The molecular formula is C22H20ClFN2O6. The molecule has 2 aliphatic heterocycles. The number of likely N-dealkylation sites (tertiary alicyclic amines) is 1. The lowest BCUT2D eigenvalue weighted by atomic mass is 10.0. The van der Waals surface area contributed by atoms with E-state index >= 15 is 0 Å². The van der Waals surface area contributed by atoms with Crippen LogP contribution in [0.2, 0.25) is 5.02 Å². The first-order valence-corrected chi connectivity index (χ1v) is 10.3. The van der Waals surface area contributed by atoms with Gasteiger partial charge in [-0.1, -0.05) is 23.7 Å². The van der Waals surface area contributed by atoms with Gasteiger partial charge < -0.3 is 24.8 Å². The Kier molecular flexibility index (Phi) is 6.14. The van der Waals surface area contributed by atoms with Gasteiger partial charge >= 0.3 is 5.97 Å². The van der Waals surface area contributed by atoms with Crippen molar-refractivity contribution in [2.75, 3.05) is 26.3 Å². The Bertz CT molecular complexity index is 1050. The van der Waals surface area contributed by atoms with Crippen LogP contribution in [0.4, 0.5) is 4.39 Å². The van der Waals surface area contributed by atoms with Gasteiger partial charge in [0.2, 0.25) is 11.7 Å². The average molecular weight is 463 g/mol. The number of benzene rings is 2. The zero-order valence-electron chi connectivity index (χ0n) is 16.8. The molecule has 8 nitrogen and oxygen atoms in total. The number of hydrogen-bond acceptors (Lipinski definition) is 5. The molecule has 2 amide bonds. The molecule has 0 saturated carbocycles. The van der Waals surface area contributed by atoms with Crippen molar-refractivity contribution in [3.8, 4) is 11.1 Å². The highest BCUT2D eigenvalue weighted by atomic mass is 35.5. The molecule has 32 heavy (non-hydrogen) atoms. The average Bonchev–Trinajstić information content (AvgIpc) is 3.39. The van der Waals surface area contributed by atoms with Crippen molar-refractivity contribution < 1.29 is 33.4 Å². The highest BCUT2D eigenvalue weighted by molar-refractivity contribution is 6.30. The van der Waals surface area contributed by atoms with Crippen LogP contribution in [0, 0.1) is 5.82 Å². The van der Waals surface area contributed by atoms with Crippen molar-refractivity contribution >= 4 is 29.4 Å². The van der Waals surface area contributed by atoms with Gasteiger partial charge in [-0.15, -0.1) is 0 Å². The normalized spacial score (nSPS) is 19.3. The Morgan fingerprint density at radius 2 is 1.84 bits per heavy atom. The molecule has 2 aromatic carbocycles. The molecule has 0 bridgehead atoms. The Morgan fingerprint density at radius 3 is 2.47 bits per heavy atom. The molecule has 4 rings (SSSR count). The first-order chi connectivity index (χ1) is 15.3. The molecule has 1 atom stereocenters. The summed E-state index contributed by atoms with van der Waals surface area (Å²) in [5, 5.41) is 12.4. The predicted molar refractivity (Wildman–Crippen MR) is 112 cm³/mol. The van der Waals surface area contributed by atoms with E-state index in [2.05, 4.69) is 5.32 Å². The van der Waals surface area contributed by atoms with Crippen LogP contribution in [-0.4, -0.2) is 65.9 Å². The minimum Gasteiger partial charge on any atom is -0.480 e. The number of amides is 2. The molecule has 168 valence electrons. The quantitative estimate of drug-likeness (QED) is 0.706. The molecule has 0 aromatic heterocycles. The fourth-order valence-corrected chi connectivity index (χ4v) is 4.19. The van der Waals surface area contributed by atoms with Crippen LogP contribution in [0.5, 0.6) is 0 Å². The first kappa shape index (κ1) is 22.2. The molecule has 10 heteroatoms. The molecule has 2 saturated heterocycles. The zero-order valence-corrected chi connectivity index (χ0v) is 17.6. The number of carboxylic acids is 1. The summed E-state index contributed by atoms with van der Waals surface area (Å²) in [5.41, 5.74) is 1.18. The van der Waals surface area contributed by atoms with Crippen molar-refractivity contribution in [1.82, 2.24) is 10.2 Å².